The Morgan fingerprint density at radius 1 is 1.31 bits per heavy atom. The van der Waals surface area contributed by atoms with Crippen LogP contribution in [0.5, 0.6) is 0 Å². The van der Waals surface area contributed by atoms with Crippen molar-refractivity contribution in [1.82, 2.24) is 0 Å². The lowest BCUT2D eigenvalue weighted by atomic mass is 9.78. The molecule has 80 valence electrons. The zero-order chi connectivity index (χ0) is 10.7. The van der Waals surface area contributed by atoms with E-state index in [4.69, 9.17) is 4.74 Å². The maximum Gasteiger partial charge on any atom is 0.0688 e. The molecule has 0 radical (unpaired) electrons. The molecule has 0 aromatic carbocycles. The number of hydrogen-bond acceptors (Lipinski definition) is 2. The monoisotopic (exact) mass is 252 g/mol. The number of rotatable bonds is 5. The van der Waals surface area contributed by atoms with Crippen molar-refractivity contribution in [1.29, 1.82) is 0 Å². The Morgan fingerprint density at radius 2 is 1.77 bits per heavy atom. The predicted molar refractivity (Wildman–Crippen MR) is 59.3 cm³/mol. The lowest BCUT2D eigenvalue weighted by molar-refractivity contribution is -0.0443. The van der Waals surface area contributed by atoms with Gasteiger partial charge in [0.15, 0.2) is 0 Å². The third-order valence-electron chi connectivity index (χ3n) is 2.48. The summed E-state index contributed by atoms with van der Waals surface area (Å²) in [6.45, 7) is 8.19. The Bertz CT molecular complexity index is 155. The minimum atomic E-state index is -0.332. The molecule has 0 unspecified atom stereocenters. The fourth-order valence-electron chi connectivity index (χ4n) is 1.50. The van der Waals surface area contributed by atoms with Gasteiger partial charge in [-0.3, -0.25) is 0 Å². The third kappa shape index (κ3) is 4.43. The zero-order valence-corrected chi connectivity index (χ0v) is 10.8. The van der Waals surface area contributed by atoms with Crippen LogP contribution in [0.15, 0.2) is 0 Å². The van der Waals surface area contributed by atoms with Gasteiger partial charge in [-0.05, 0) is 25.7 Å². The first-order valence-electron chi connectivity index (χ1n) is 4.54. The van der Waals surface area contributed by atoms with E-state index < -0.39 is 0 Å². The summed E-state index contributed by atoms with van der Waals surface area (Å²) in [5.41, 5.74) is -0.296. The van der Waals surface area contributed by atoms with Gasteiger partial charge in [0.2, 0.25) is 0 Å². The van der Waals surface area contributed by atoms with E-state index in [0.29, 0.717) is 5.33 Å². The van der Waals surface area contributed by atoms with E-state index in [1.54, 1.807) is 7.11 Å². The summed E-state index contributed by atoms with van der Waals surface area (Å²) in [5, 5.41) is 10.4. The van der Waals surface area contributed by atoms with Gasteiger partial charge in [-0.15, -0.1) is 0 Å². The second-order valence-electron chi connectivity index (χ2n) is 4.80. The van der Waals surface area contributed by atoms with Gasteiger partial charge in [0.25, 0.3) is 0 Å². The minimum absolute atomic E-state index is 0.122. The minimum Gasteiger partial charge on any atom is -0.392 e. The Balaban J connectivity index is 4.32. The second-order valence-corrected chi connectivity index (χ2v) is 5.45. The number of aliphatic hydroxyl groups excluding tert-OH is 1. The first-order chi connectivity index (χ1) is 5.75. The summed E-state index contributed by atoms with van der Waals surface area (Å²) in [6.07, 6.45) is 0.505. The lowest BCUT2D eigenvalue weighted by Gasteiger charge is -2.36. The lowest BCUT2D eigenvalue weighted by Crippen LogP contribution is -2.38. The normalized spacial score (nSPS) is 15.9. The molecule has 13 heavy (non-hydrogen) atoms. The largest absolute Gasteiger partial charge is 0.392 e. The van der Waals surface area contributed by atoms with Crippen LogP contribution in [0.25, 0.3) is 0 Å². The third-order valence-corrected chi connectivity index (χ3v) is 3.10. The van der Waals surface area contributed by atoms with E-state index in [-0.39, 0.29) is 17.1 Å². The maximum atomic E-state index is 9.74. The highest BCUT2D eigenvalue weighted by atomic mass is 79.9. The number of hydrogen-bond donors (Lipinski definition) is 1. The first kappa shape index (κ1) is 13.4. The topological polar surface area (TPSA) is 29.5 Å². The van der Waals surface area contributed by atoms with Crippen molar-refractivity contribution in [2.24, 2.45) is 5.41 Å². The number of aliphatic hydroxyl groups is 1. The van der Waals surface area contributed by atoms with Crippen LogP contribution < -0.4 is 0 Å². The van der Waals surface area contributed by atoms with Crippen LogP contribution in [-0.4, -0.2) is 29.3 Å². The van der Waals surface area contributed by atoms with Crippen LogP contribution in [0.3, 0.4) is 0 Å². The molecular weight excluding hydrogens is 232 g/mol. The fourth-order valence-corrected chi connectivity index (χ4v) is 2.37. The molecule has 0 aromatic rings. The van der Waals surface area contributed by atoms with Gasteiger partial charge in [0, 0.05) is 12.4 Å². The molecule has 1 atom stereocenters. The molecular formula is C10H21BrO2. The fraction of sp³-hybridized carbons (Fsp3) is 1.00. The number of methoxy groups -OCH3 is 1. The Labute approximate surface area is 89.8 Å². The molecule has 3 heteroatoms. The molecule has 0 amide bonds. The van der Waals surface area contributed by atoms with Crippen molar-refractivity contribution < 1.29 is 9.84 Å². The first-order valence-corrected chi connectivity index (χ1v) is 5.66. The van der Waals surface area contributed by atoms with E-state index in [2.05, 4.69) is 29.8 Å². The van der Waals surface area contributed by atoms with Gasteiger partial charge in [0.05, 0.1) is 11.7 Å². The molecule has 0 saturated heterocycles. The van der Waals surface area contributed by atoms with E-state index in [0.717, 1.165) is 6.42 Å². The summed E-state index contributed by atoms with van der Waals surface area (Å²) in [7, 11) is 1.70. The summed E-state index contributed by atoms with van der Waals surface area (Å²) in [6, 6.07) is 0. The molecule has 0 bridgehead atoms. The molecule has 0 aliphatic rings. The van der Waals surface area contributed by atoms with Gasteiger partial charge in [-0.1, -0.05) is 29.8 Å². The van der Waals surface area contributed by atoms with Crippen LogP contribution in [-0.2, 0) is 4.74 Å². The smallest absolute Gasteiger partial charge is 0.0688 e. The van der Waals surface area contributed by atoms with Crippen molar-refractivity contribution in [3.8, 4) is 0 Å². The van der Waals surface area contributed by atoms with Crippen molar-refractivity contribution in [3.63, 3.8) is 0 Å². The van der Waals surface area contributed by atoms with E-state index in [1.807, 2.05) is 13.8 Å². The van der Waals surface area contributed by atoms with Gasteiger partial charge in [-0.2, -0.15) is 0 Å². The molecule has 0 rings (SSSR count). The van der Waals surface area contributed by atoms with Crippen molar-refractivity contribution in [2.75, 3.05) is 12.4 Å². The van der Waals surface area contributed by atoms with Gasteiger partial charge >= 0.3 is 0 Å². The van der Waals surface area contributed by atoms with Gasteiger partial charge in [0.1, 0.15) is 0 Å². The average molecular weight is 253 g/mol. The van der Waals surface area contributed by atoms with Crippen molar-refractivity contribution in [2.45, 2.75) is 45.8 Å². The quantitative estimate of drug-likeness (QED) is 0.763. The highest BCUT2D eigenvalue weighted by Gasteiger charge is 2.33. The highest BCUT2D eigenvalue weighted by molar-refractivity contribution is 9.09. The van der Waals surface area contributed by atoms with Crippen LogP contribution in [0.4, 0.5) is 0 Å². The molecule has 0 aliphatic carbocycles. The highest BCUT2D eigenvalue weighted by Crippen LogP contribution is 2.33. The second kappa shape index (κ2) is 4.76. The molecule has 2 nitrogen and oxygen atoms in total. The zero-order valence-electron chi connectivity index (χ0n) is 9.22. The molecule has 0 heterocycles. The van der Waals surface area contributed by atoms with Crippen LogP contribution in [0, 0.1) is 5.41 Å². The molecule has 0 saturated carbocycles. The average Bonchev–Trinajstić information content (AvgIpc) is 2.01. The molecule has 0 aliphatic heterocycles. The van der Waals surface area contributed by atoms with Gasteiger partial charge in [-0.25, -0.2) is 0 Å². The van der Waals surface area contributed by atoms with Crippen molar-refractivity contribution >= 4 is 15.9 Å². The summed E-state index contributed by atoms with van der Waals surface area (Å²) in [5.74, 6) is 0. The van der Waals surface area contributed by atoms with E-state index in [9.17, 15) is 5.11 Å². The van der Waals surface area contributed by atoms with Crippen molar-refractivity contribution in [3.05, 3.63) is 0 Å². The molecule has 0 aromatic heterocycles. The Morgan fingerprint density at radius 3 is 2.08 bits per heavy atom. The predicted octanol–water partition coefficient (Wildman–Crippen LogP) is 2.58. The summed E-state index contributed by atoms with van der Waals surface area (Å²) >= 11 is 3.29. The Kier molecular flexibility index (Phi) is 4.91. The van der Waals surface area contributed by atoms with Crippen LogP contribution in [0.1, 0.15) is 34.1 Å². The maximum absolute atomic E-state index is 9.74. The Hall–Kier alpha value is 0.400. The molecule has 0 fully saturated rings. The van der Waals surface area contributed by atoms with E-state index >= 15 is 0 Å². The van der Waals surface area contributed by atoms with E-state index in [1.165, 1.54) is 0 Å². The number of alkyl halides is 1. The molecule has 0 spiro atoms. The number of ether oxygens (including phenoxy) is 1. The van der Waals surface area contributed by atoms with Crippen LogP contribution in [0.2, 0.25) is 0 Å². The molecule has 1 N–H and O–H groups in total. The summed E-state index contributed by atoms with van der Waals surface area (Å²) < 4.78 is 5.34. The standard InChI is InChI=1S/C10H21BrO2/c1-9(2,8(12)6-11)7-10(3,4)13-5/h8,12H,6-7H2,1-5H3/t8-/m1/s1. The SMILES string of the molecule is COC(C)(C)CC(C)(C)[C@H](O)CBr. The van der Waals surface area contributed by atoms with Gasteiger partial charge < -0.3 is 9.84 Å². The summed E-state index contributed by atoms with van der Waals surface area (Å²) in [4.78, 5) is 0. The number of halogens is 1. The van der Waals surface area contributed by atoms with Crippen LogP contribution >= 0.6 is 15.9 Å².